The van der Waals surface area contributed by atoms with Crippen molar-refractivity contribution in [1.82, 2.24) is 9.88 Å². The van der Waals surface area contributed by atoms with Crippen molar-refractivity contribution in [1.29, 1.82) is 0 Å². The number of aromatic nitrogens is 1. The third-order valence-electron chi connectivity index (χ3n) is 2.73. The second-order valence-electron chi connectivity index (χ2n) is 4.48. The Balaban J connectivity index is 2.24. The average Bonchev–Trinajstić information content (AvgIpc) is 2.37. The quantitative estimate of drug-likeness (QED) is 0.889. The normalized spacial score (nSPS) is 10.9. The van der Waals surface area contributed by atoms with Crippen LogP contribution in [0.5, 0.6) is 5.88 Å². The first-order valence-corrected chi connectivity index (χ1v) is 5.98. The molecular weight excluding hydrogens is 244 g/mol. The molecule has 0 amide bonds. The molecular formula is C14H16N2O3. The van der Waals surface area contributed by atoms with Crippen molar-refractivity contribution in [2.75, 3.05) is 27.2 Å². The van der Waals surface area contributed by atoms with Gasteiger partial charge in [-0.05, 0) is 32.3 Å². The Labute approximate surface area is 111 Å². The van der Waals surface area contributed by atoms with Gasteiger partial charge in [0.2, 0.25) is 5.88 Å². The van der Waals surface area contributed by atoms with Gasteiger partial charge in [0, 0.05) is 18.0 Å². The van der Waals surface area contributed by atoms with Crippen molar-refractivity contribution in [2.45, 2.75) is 0 Å². The van der Waals surface area contributed by atoms with E-state index in [9.17, 15) is 4.79 Å². The minimum atomic E-state index is -0.950. The number of nitrogens with zero attached hydrogens (tertiary/aromatic N) is 2. The van der Waals surface area contributed by atoms with E-state index in [0.717, 1.165) is 6.54 Å². The van der Waals surface area contributed by atoms with E-state index in [4.69, 9.17) is 9.84 Å². The van der Waals surface area contributed by atoms with Gasteiger partial charge < -0.3 is 14.7 Å². The summed E-state index contributed by atoms with van der Waals surface area (Å²) in [6.45, 7) is 1.35. The van der Waals surface area contributed by atoms with Gasteiger partial charge >= 0.3 is 5.97 Å². The van der Waals surface area contributed by atoms with E-state index in [2.05, 4.69) is 4.98 Å². The summed E-state index contributed by atoms with van der Waals surface area (Å²) in [5, 5.41) is 9.71. The second kappa shape index (κ2) is 5.67. The number of carbonyl (C=O) groups is 1. The highest BCUT2D eigenvalue weighted by Crippen LogP contribution is 2.20. The molecule has 2 rings (SSSR count). The summed E-state index contributed by atoms with van der Waals surface area (Å²) in [6, 6.07) is 8.46. The van der Waals surface area contributed by atoms with Gasteiger partial charge in [0.15, 0.2) is 0 Å². The standard InChI is InChI=1S/C14H16N2O3/c1-16(2)8-9-19-13-7-6-10-11(14(17)18)4-3-5-12(10)15-13/h3-7H,8-9H2,1-2H3,(H,17,18). The van der Waals surface area contributed by atoms with Crippen LogP contribution >= 0.6 is 0 Å². The van der Waals surface area contributed by atoms with Gasteiger partial charge in [-0.25, -0.2) is 9.78 Å². The van der Waals surface area contributed by atoms with Crippen LogP contribution in [0.15, 0.2) is 30.3 Å². The molecule has 19 heavy (non-hydrogen) atoms. The number of fused-ring (bicyclic) bond motifs is 1. The molecule has 5 heteroatoms. The molecule has 2 aromatic rings. The number of benzene rings is 1. The molecule has 1 N–H and O–H groups in total. The number of carboxylic acids is 1. The number of hydrogen-bond donors (Lipinski definition) is 1. The number of pyridine rings is 1. The maximum absolute atomic E-state index is 11.1. The molecule has 0 saturated carbocycles. The maximum atomic E-state index is 11.1. The second-order valence-corrected chi connectivity index (χ2v) is 4.48. The number of rotatable bonds is 5. The molecule has 0 fully saturated rings. The van der Waals surface area contributed by atoms with Crippen LogP contribution in [0.3, 0.4) is 0 Å². The van der Waals surface area contributed by atoms with E-state index in [0.29, 0.717) is 23.4 Å². The molecule has 0 atom stereocenters. The van der Waals surface area contributed by atoms with Crippen LogP contribution in [0.2, 0.25) is 0 Å². The van der Waals surface area contributed by atoms with Gasteiger partial charge in [-0.1, -0.05) is 6.07 Å². The molecule has 1 aromatic carbocycles. The van der Waals surface area contributed by atoms with Crippen LogP contribution in [-0.4, -0.2) is 48.2 Å². The monoisotopic (exact) mass is 260 g/mol. The Bertz CT molecular complexity index is 596. The van der Waals surface area contributed by atoms with E-state index in [-0.39, 0.29) is 5.56 Å². The summed E-state index contributed by atoms with van der Waals surface area (Å²) in [7, 11) is 3.94. The van der Waals surface area contributed by atoms with Crippen LogP contribution in [0.1, 0.15) is 10.4 Å². The molecule has 0 saturated heterocycles. The lowest BCUT2D eigenvalue weighted by molar-refractivity contribution is 0.0699. The first kappa shape index (κ1) is 13.3. The summed E-state index contributed by atoms with van der Waals surface area (Å²) in [5.41, 5.74) is 0.882. The van der Waals surface area contributed by atoms with E-state index < -0.39 is 5.97 Å². The van der Waals surface area contributed by atoms with Crippen molar-refractivity contribution < 1.29 is 14.6 Å². The first-order chi connectivity index (χ1) is 9.08. The lowest BCUT2D eigenvalue weighted by Crippen LogP contribution is -2.19. The Hall–Kier alpha value is -2.14. The number of ether oxygens (including phenoxy) is 1. The Morgan fingerprint density at radius 3 is 2.79 bits per heavy atom. The lowest BCUT2D eigenvalue weighted by atomic mass is 10.1. The molecule has 5 nitrogen and oxygen atoms in total. The highest BCUT2D eigenvalue weighted by molar-refractivity contribution is 6.02. The first-order valence-electron chi connectivity index (χ1n) is 5.98. The predicted octanol–water partition coefficient (Wildman–Crippen LogP) is 1.87. The van der Waals surface area contributed by atoms with Gasteiger partial charge in [-0.15, -0.1) is 0 Å². The molecule has 0 radical (unpaired) electrons. The Morgan fingerprint density at radius 2 is 2.11 bits per heavy atom. The summed E-state index contributed by atoms with van der Waals surface area (Å²) < 4.78 is 5.53. The number of carboxylic acid groups (broad SMARTS) is 1. The third kappa shape index (κ3) is 3.20. The van der Waals surface area contributed by atoms with Crippen molar-refractivity contribution in [3.8, 4) is 5.88 Å². The van der Waals surface area contributed by atoms with Crippen molar-refractivity contribution in [3.63, 3.8) is 0 Å². The zero-order chi connectivity index (χ0) is 13.8. The number of aromatic carboxylic acids is 1. The molecule has 1 heterocycles. The van der Waals surface area contributed by atoms with E-state index >= 15 is 0 Å². The van der Waals surface area contributed by atoms with Crippen molar-refractivity contribution >= 4 is 16.9 Å². The number of hydrogen-bond acceptors (Lipinski definition) is 4. The van der Waals surface area contributed by atoms with Gasteiger partial charge in [-0.2, -0.15) is 0 Å². The smallest absolute Gasteiger partial charge is 0.336 e. The van der Waals surface area contributed by atoms with Crippen LogP contribution < -0.4 is 4.74 Å². The molecule has 0 aliphatic carbocycles. The molecule has 0 spiro atoms. The third-order valence-corrected chi connectivity index (χ3v) is 2.73. The zero-order valence-corrected chi connectivity index (χ0v) is 11.0. The van der Waals surface area contributed by atoms with Crippen molar-refractivity contribution in [3.05, 3.63) is 35.9 Å². The van der Waals surface area contributed by atoms with E-state index in [1.165, 1.54) is 0 Å². The van der Waals surface area contributed by atoms with Gasteiger partial charge in [0.25, 0.3) is 0 Å². The van der Waals surface area contributed by atoms with Gasteiger partial charge in [-0.3, -0.25) is 0 Å². The SMILES string of the molecule is CN(C)CCOc1ccc2c(C(=O)O)cccc2n1. The highest BCUT2D eigenvalue weighted by Gasteiger charge is 2.09. The molecule has 0 aliphatic heterocycles. The van der Waals surface area contributed by atoms with Gasteiger partial charge in [0.05, 0.1) is 11.1 Å². The summed E-state index contributed by atoms with van der Waals surface area (Å²) in [6.07, 6.45) is 0. The molecule has 1 aromatic heterocycles. The average molecular weight is 260 g/mol. The van der Waals surface area contributed by atoms with Crippen LogP contribution in [-0.2, 0) is 0 Å². The molecule has 0 aliphatic rings. The minimum absolute atomic E-state index is 0.254. The molecule has 0 unspecified atom stereocenters. The molecule has 0 bridgehead atoms. The fourth-order valence-corrected chi connectivity index (χ4v) is 1.74. The maximum Gasteiger partial charge on any atom is 0.336 e. The van der Waals surface area contributed by atoms with E-state index in [1.54, 1.807) is 30.3 Å². The number of likely N-dealkylation sites (N-methyl/N-ethyl adjacent to an activating group) is 1. The predicted molar refractivity (Wildman–Crippen MR) is 72.8 cm³/mol. The summed E-state index contributed by atoms with van der Waals surface area (Å²) >= 11 is 0. The van der Waals surface area contributed by atoms with Crippen molar-refractivity contribution in [2.24, 2.45) is 0 Å². The Kier molecular flexibility index (Phi) is 3.97. The fourth-order valence-electron chi connectivity index (χ4n) is 1.74. The minimum Gasteiger partial charge on any atom is -0.478 e. The van der Waals surface area contributed by atoms with Crippen LogP contribution in [0, 0.1) is 0 Å². The zero-order valence-electron chi connectivity index (χ0n) is 11.0. The largest absolute Gasteiger partial charge is 0.478 e. The highest BCUT2D eigenvalue weighted by atomic mass is 16.5. The summed E-state index contributed by atoms with van der Waals surface area (Å²) in [4.78, 5) is 17.4. The Morgan fingerprint density at radius 1 is 1.32 bits per heavy atom. The van der Waals surface area contributed by atoms with Crippen LogP contribution in [0.4, 0.5) is 0 Å². The van der Waals surface area contributed by atoms with Gasteiger partial charge in [0.1, 0.15) is 6.61 Å². The molecule has 100 valence electrons. The van der Waals surface area contributed by atoms with E-state index in [1.807, 2.05) is 19.0 Å². The summed E-state index contributed by atoms with van der Waals surface area (Å²) in [5.74, 6) is -0.439. The fraction of sp³-hybridized carbons (Fsp3) is 0.286. The van der Waals surface area contributed by atoms with Crippen LogP contribution in [0.25, 0.3) is 10.9 Å². The topological polar surface area (TPSA) is 62.7 Å². The lowest BCUT2D eigenvalue weighted by Gasteiger charge is -2.11.